The van der Waals surface area contributed by atoms with Gasteiger partial charge in [-0.3, -0.25) is 18.6 Å². The average molecular weight is 804 g/mol. The van der Waals surface area contributed by atoms with Crippen LogP contribution in [0.15, 0.2) is 85.1 Å². The molecule has 2 unspecified atom stereocenters. The Bertz CT molecular complexity index is 1190. The number of ether oxygens (including phenoxy) is 2. The Hall–Kier alpha value is -2.81. The van der Waals surface area contributed by atoms with Gasteiger partial charge in [-0.25, -0.2) is 4.57 Å². The van der Waals surface area contributed by atoms with Gasteiger partial charge in [0.2, 0.25) is 0 Å². The summed E-state index contributed by atoms with van der Waals surface area (Å²) in [6.45, 7) is 3.50. The van der Waals surface area contributed by atoms with E-state index in [1.54, 1.807) is 0 Å². The zero-order chi connectivity index (χ0) is 41.1. The van der Waals surface area contributed by atoms with Crippen molar-refractivity contribution in [1.29, 1.82) is 0 Å². The first-order valence-electron chi connectivity index (χ1n) is 21.6. The predicted octanol–water partition coefficient (Wildman–Crippen LogP) is 12.4. The molecule has 0 amide bonds. The van der Waals surface area contributed by atoms with Crippen LogP contribution in [0.2, 0.25) is 0 Å². The minimum absolute atomic E-state index is 0.0366. The Morgan fingerprint density at radius 3 is 1.54 bits per heavy atom. The van der Waals surface area contributed by atoms with E-state index in [9.17, 15) is 19.0 Å². The molecule has 0 bridgehead atoms. The van der Waals surface area contributed by atoms with Crippen molar-refractivity contribution < 1.29 is 37.6 Å². The normalized spacial score (nSPS) is 14.1. The lowest BCUT2D eigenvalue weighted by Crippen LogP contribution is -2.29. The number of carbonyl (C=O) groups excluding carboxylic acids is 2. The maximum absolute atomic E-state index is 12.5. The molecule has 0 radical (unpaired) electrons. The number of allylic oxidation sites excluding steroid dienone is 14. The number of phosphoric acid groups is 1. The van der Waals surface area contributed by atoms with Crippen molar-refractivity contribution in [2.24, 2.45) is 5.73 Å². The fraction of sp³-hybridized carbons (Fsp3) is 0.652. The molecule has 0 aliphatic heterocycles. The molecule has 0 aromatic carbocycles. The first kappa shape index (κ1) is 53.2. The fourth-order valence-corrected chi connectivity index (χ4v) is 6.12. The summed E-state index contributed by atoms with van der Waals surface area (Å²) in [5.41, 5.74) is 5.34. The van der Waals surface area contributed by atoms with Crippen LogP contribution in [0.1, 0.15) is 162 Å². The van der Waals surface area contributed by atoms with Gasteiger partial charge in [-0.1, -0.05) is 157 Å². The summed E-state index contributed by atoms with van der Waals surface area (Å²) in [7, 11) is -4.40. The topological polar surface area (TPSA) is 134 Å². The molecule has 0 aromatic heterocycles. The van der Waals surface area contributed by atoms with Gasteiger partial charge in [0, 0.05) is 19.4 Å². The van der Waals surface area contributed by atoms with Crippen LogP contribution in [0, 0.1) is 0 Å². The van der Waals surface area contributed by atoms with Gasteiger partial charge in [0.25, 0.3) is 0 Å². The number of carbonyl (C=O) groups is 2. The molecule has 0 spiro atoms. The summed E-state index contributed by atoms with van der Waals surface area (Å²) in [6.07, 6.45) is 52.0. The van der Waals surface area contributed by atoms with Gasteiger partial charge in [-0.05, 0) is 77.0 Å². The second-order valence-corrected chi connectivity index (χ2v) is 15.3. The van der Waals surface area contributed by atoms with E-state index in [1.165, 1.54) is 51.4 Å². The SMILES string of the molecule is CC/C=C\C/C=C\C/C=C\C/C=C\C/C=C\C/C=C\CCC(=O)OC(COC(=O)CCCCCCC/C=C\CCCCCCCCC)COP(=O)(O)OCCN. The first-order valence-corrected chi connectivity index (χ1v) is 23.1. The van der Waals surface area contributed by atoms with Crippen LogP contribution in [-0.4, -0.2) is 49.3 Å². The molecule has 56 heavy (non-hydrogen) atoms. The monoisotopic (exact) mass is 804 g/mol. The fourth-order valence-electron chi connectivity index (χ4n) is 5.36. The van der Waals surface area contributed by atoms with Crippen molar-refractivity contribution >= 4 is 19.8 Å². The van der Waals surface area contributed by atoms with Gasteiger partial charge in [0.05, 0.1) is 13.2 Å². The van der Waals surface area contributed by atoms with Crippen molar-refractivity contribution in [1.82, 2.24) is 0 Å². The summed E-state index contributed by atoms with van der Waals surface area (Å²) in [6, 6.07) is 0. The molecule has 3 N–H and O–H groups in total. The molecule has 10 heteroatoms. The van der Waals surface area contributed by atoms with Gasteiger partial charge in [-0.15, -0.1) is 0 Å². The molecular weight excluding hydrogens is 725 g/mol. The molecule has 0 saturated heterocycles. The third kappa shape index (κ3) is 40.8. The van der Waals surface area contributed by atoms with Crippen molar-refractivity contribution in [3.63, 3.8) is 0 Å². The number of unbranched alkanes of at least 4 members (excludes halogenated alkanes) is 12. The zero-order valence-corrected chi connectivity index (χ0v) is 36.0. The Labute approximate surface area is 341 Å². The Kier molecular flexibility index (Phi) is 39.7. The van der Waals surface area contributed by atoms with Gasteiger partial charge in [-0.2, -0.15) is 0 Å². The summed E-state index contributed by atoms with van der Waals surface area (Å²) in [5, 5.41) is 0. The molecule has 0 aliphatic carbocycles. The molecule has 0 rings (SSSR count). The van der Waals surface area contributed by atoms with Crippen LogP contribution >= 0.6 is 7.82 Å². The van der Waals surface area contributed by atoms with E-state index in [0.717, 1.165) is 70.6 Å². The van der Waals surface area contributed by atoms with Crippen molar-refractivity contribution in [2.45, 2.75) is 168 Å². The van der Waals surface area contributed by atoms with Gasteiger partial charge in [0.15, 0.2) is 6.10 Å². The highest BCUT2D eigenvalue weighted by molar-refractivity contribution is 7.47. The molecule has 2 atom stereocenters. The van der Waals surface area contributed by atoms with E-state index in [2.05, 4.69) is 86.8 Å². The van der Waals surface area contributed by atoms with Gasteiger partial charge < -0.3 is 20.1 Å². The molecule has 0 heterocycles. The van der Waals surface area contributed by atoms with Crippen LogP contribution in [0.4, 0.5) is 0 Å². The van der Waals surface area contributed by atoms with Crippen LogP contribution in [0.3, 0.4) is 0 Å². The number of esters is 2. The van der Waals surface area contributed by atoms with E-state index >= 15 is 0 Å². The Balaban J connectivity index is 4.32. The van der Waals surface area contributed by atoms with E-state index in [1.807, 2.05) is 12.2 Å². The summed E-state index contributed by atoms with van der Waals surface area (Å²) < 4.78 is 32.7. The summed E-state index contributed by atoms with van der Waals surface area (Å²) in [4.78, 5) is 34.8. The molecule has 0 aromatic rings. The van der Waals surface area contributed by atoms with Crippen LogP contribution in [-0.2, 0) is 32.7 Å². The number of nitrogens with two attached hydrogens (primary N) is 1. The minimum Gasteiger partial charge on any atom is -0.462 e. The van der Waals surface area contributed by atoms with Gasteiger partial charge in [0.1, 0.15) is 6.61 Å². The van der Waals surface area contributed by atoms with Crippen molar-refractivity contribution in [3.8, 4) is 0 Å². The lowest BCUT2D eigenvalue weighted by atomic mass is 10.1. The number of rotatable bonds is 39. The lowest BCUT2D eigenvalue weighted by molar-refractivity contribution is -0.161. The number of phosphoric ester groups is 1. The Morgan fingerprint density at radius 2 is 1.02 bits per heavy atom. The standard InChI is InChI=1S/C46H78NO8P/c1-3-5-7-9-11-13-15-17-19-21-22-23-25-27-29-31-33-35-37-39-46(49)55-44(43-54-56(50,51)53-41-40-47)42-52-45(48)38-36-34-32-30-28-26-24-20-18-16-14-12-10-8-6-4-2/h5,7,11,13,17,19-20,22-24,27,29,33,35,44H,3-4,6,8-10,12,14-16,18,21,25-26,28,30-32,34,36-43,47H2,1-2H3,(H,50,51)/b7-5-,13-11-,19-17-,23-22-,24-20-,29-27-,35-33-. The second kappa shape index (κ2) is 41.8. The lowest BCUT2D eigenvalue weighted by Gasteiger charge is -2.19. The van der Waals surface area contributed by atoms with E-state index in [-0.39, 0.29) is 32.6 Å². The van der Waals surface area contributed by atoms with E-state index in [4.69, 9.17) is 24.3 Å². The first-order chi connectivity index (χ1) is 27.3. The average Bonchev–Trinajstić information content (AvgIpc) is 3.18. The molecule has 0 fully saturated rings. The maximum Gasteiger partial charge on any atom is 0.472 e. The second-order valence-electron chi connectivity index (χ2n) is 13.8. The zero-order valence-electron chi connectivity index (χ0n) is 35.1. The molecular formula is C46H78NO8P. The maximum atomic E-state index is 12.5. The van der Waals surface area contributed by atoms with Crippen LogP contribution in [0.5, 0.6) is 0 Å². The molecule has 0 aliphatic rings. The van der Waals surface area contributed by atoms with E-state index < -0.39 is 32.5 Å². The van der Waals surface area contributed by atoms with E-state index in [0.29, 0.717) is 12.8 Å². The molecule has 0 saturated carbocycles. The number of hydrogen-bond donors (Lipinski definition) is 2. The third-order valence-electron chi connectivity index (χ3n) is 8.53. The summed E-state index contributed by atoms with van der Waals surface area (Å²) in [5.74, 6) is -0.943. The highest BCUT2D eigenvalue weighted by atomic mass is 31.2. The minimum atomic E-state index is -4.40. The van der Waals surface area contributed by atoms with Gasteiger partial charge >= 0.3 is 19.8 Å². The highest BCUT2D eigenvalue weighted by Crippen LogP contribution is 2.43. The summed E-state index contributed by atoms with van der Waals surface area (Å²) >= 11 is 0. The largest absolute Gasteiger partial charge is 0.472 e. The van der Waals surface area contributed by atoms with Crippen molar-refractivity contribution in [2.75, 3.05) is 26.4 Å². The quantitative estimate of drug-likeness (QED) is 0.0269. The predicted molar refractivity (Wildman–Crippen MR) is 233 cm³/mol. The van der Waals surface area contributed by atoms with Crippen LogP contribution < -0.4 is 5.73 Å². The highest BCUT2D eigenvalue weighted by Gasteiger charge is 2.25. The number of hydrogen-bond acceptors (Lipinski definition) is 8. The van der Waals surface area contributed by atoms with Crippen LogP contribution in [0.25, 0.3) is 0 Å². The molecule has 9 nitrogen and oxygen atoms in total. The van der Waals surface area contributed by atoms with Crippen molar-refractivity contribution in [3.05, 3.63) is 85.1 Å². The Morgan fingerprint density at radius 1 is 0.554 bits per heavy atom. The smallest absolute Gasteiger partial charge is 0.462 e. The molecule has 320 valence electrons. The third-order valence-corrected chi connectivity index (χ3v) is 9.51.